The van der Waals surface area contributed by atoms with Gasteiger partial charge in [0.2, 0.25) is 10.9 Å². The van der Waals surface area contributed by atoms with E-state index in [4.69, 9.17) is 19.9 Å². The van der Waals surface area contributed by atoms with Gasteiger partial charge in [-0.3, -0.25) is 24.0 Å². The molecule has 2 aromatic carbocycles. The summed E-state index contributed by atoms with van der Waals surface area (Å²) in [6.45, 7) is 0.477. The summed E-state index contributed by atoms with van der Waals surface area (Å²) in [6, 6.07) is 6.89. The molecule has 21 heteroatoms. The Labute approximate surface area is 396 Å². The van der Waals surface area contributed by atoms with Gasteiger partial charge in [0.05, 0.1) is 37.9 Å². The highest BCUT2D eigenvalue weighted by molar-refractivity contribution is 6.00. The number of nitrogens with zero attached hydrogens (tertiary/aromatic N) is 4. The zero-order valence-electron chi connectivity index (χ0n) is 37.9. The molecule has 0 spiro atoms. The fraction of sp³-hybridized carbons (Fsp3) is 0.469. The first-order valence-electron chi connectivity index (χ1n) is 23.4. The number of amides is 3. The van der Waals surface area contributed by atoms with E-state index in [0.29, 0.717) is 24.9 Å². The number of ether oxygens (including phenoxy) is 3. The number of aromatic hydroxyl groups is 1. The third-order valence-corrected chi connectivity index (χ3v) is 15.3. The first-order chi connectivity index (χ1) is 33.4. The first kappa shape index (κ1) is 47.1. The average Bonchev–Trinajstić information content (AvgIpc) is 3.86. The van der Waals surface area contributed by atoms with Gasteiger partial charge in [0.25, 0.3) is 17.7 Å². The third-order valence-electron chi connectivity index (χ3n) is 15.3. The summed E-state index contributed by atoms with van der Waals surface area (Å²) in [6.07, 6.45) is 10.9. The minimum absolute atomic E-state index is 0.00607. The van der Waals surface area contributed by atoms with Crippen molar-refractivity contribution in [2.75, 3.05) is 7.11 Å². The number of halogens is 4. The standard InChI is InChI=1S/C24H23F2N3O5.C15H16N2O6.C10H11F2N/c25-12-2-5-16(17(26)8-12)24(6-1-7-24)27-22(32)15-10-28-11-18-29(13-3-4-14(9-13)34-18)23(33)19(28)21(31)20(15)30;1-22-13-11-14(19)17-7-2-3-8(4-7)23-10(17)6-16(11)5-9(12(13)18)15(20)21;11-7-2-3-8(9(12)6-7)10(13)4-1-5-10/h2,5,8,10,13-14,18,31H,1,3-4,6-7,9,11H2,(H,27,32);5,7-8,10H,2-4,6H2,1H3,(H,20,21);2-3,6H,1,4-5,13H2/t13-,14+,18?;7-,8+,10?;/m11./s1. The number of carboxylic acids is 1. The van der Waals surface area contributed by atoms with Crippen molar-refractivity contribution in [3.8, 4) is 11.5 Å². The van der Waals surface area contributed by atoms with Crippen LogP contribution in [-0.2, 0) is 33.6 Å². The Kier molecular flexibility index (Phi) is 11.9. The SMILES string of the molecule is COc1c2n(cc(C(=O)O)c1=O)CC1O[C@H]3CC[C@H](C3)N1C2=O.NC1(c2ccc(F)cc2F)CCC1.O=C(NC1(c2ccc(F)cc2F)CCC1)c1cn2c(c(O)c1=O)C(=O)N1C(C2)O[C@H]2CC[C@@H]1C2. The number of aromatic nitrogens is 2. The Morgan fingerprint density at radius 1 is 0.729 bits per heavy atom. The highest BCUT2D eigenvalue weighted by atomic mass is 19.1. The molecule has 4 aliphatic carbocycles. The van der Waals surface area contributed by atoms with Crippen LogP contribution in [0.3, 0.4) is 0 Å². The molecular weight excluding hydrogens is 925 g/mol. The number of methoxy groups -OCH3 is 1. The topological polar surface area (TPSA) is 225 Å². The maximum Gasteiger partial charge on any atom is 0.341 e. The molecule has 370 valence electrons. The van der Waals surface area contributed by atoms with Crippen LogP contribution in [0.4, 0.5) is 17.6 Å². The lowest BCUT2D eigenvalue weighted by Crippen LogP contribution is -2.57. The molecule has 3 amide bonds. The van der Waals surface area contributed by atoms with E-state index in [9.17, 15) is 56.5 Å². The molecular formula is C49H50F4N6O11. The third kappa shape index (κ3) is 7.90. The molecule has 17 nitrogen and oxygen atoms in total. The van der Waals surface area contributed by atoms with Crippen LogP contribution in [0.25, 0.3) is 0 Å². The van der Waals surface area contributed by atoms with Crippen molar-refractivity contribution < 1.29 is 61.2 Å². The molecule has 4 bridgehead atoms. The zero-order chi connectivity index (χ0) is 49.6. The summed E-state index contributed by atoms with van der Waals surface area (Å²) in [5.41, 5.74) is 2.33. The summed E-state index contributed by atoms with van der Waals surface area (Å²) < 4.78 is 73.6. The number of hydrogen-bond acceptors (Lipinski definition) is 11. The quantitative estimate of drug-likeness (QED) is 0.188. The lowest BCUT2D eigenvalue weighted by molar-refractivity contribution is -0.132. The van der Waals surface area contributed by atoms with Crippen molar-refractivity contribution in [2.24, 2.45) is 5.73 Å². The van der Waals surface area contributed by atoms with Crippen molar-refractivity contribution in [1.82, 2.24) is 24.3 Å². The Bertz CT molecular complexity index is 2970. The van der Waals surface area contributed by atoms with E-state index in [-0.39, 0.29) is 65.0 Å². The molecule has 6 heterocycles. The van der Waals surface area contributed by atoms with E-state index >= 15 is 0 Å². The molecule has 0 radical (unpaired) electrons. The van der Waals surface area contributed by atoms with Crippen molar-refractivity contribution in [3.63, 3.8) is 0 Å². The monoisotopic (exact) mass is 974 g/mol. The lowest BCUT2D eigenvalue weighted by atomic mass is 9.71. The van der Waals surface area contributed by atoms with Crippen LogP contribution in [-0.4, -0.2) is 96.7 Å². The Morgan fingerprint density at radius 2 is 1.24 bits per heavy atom. The molecule has 2 saturated heterocycles. The lowest BCUT2D eigenvalue weighted by Gasteiger charge is -2.44. The molecule has 2 aromatic heterocycles. The summed E-state index contributed by atoms with van der Waals surface area (Å²) in [5.74, 6) is -6.55. The molecule has 6 atom stereocenters. The van der Waals surface area contributed by atoms with E-state index < -0.39 is 86.8 Å². The van der Waals surface area contributed by atoms with Gasteiger partial charge in [0.1, 0.15) is 34.4 Å². The van der Waals surface area contributed by atoms with E-state index in [2.05, 4.69) is 5.32 Å². The number of benzene rings is 2. The van der Waals surface area contributed by atoms with Crippen LogP contribution >= 0.6 is 0 Å². The molecule has 12 rings (SSSR count). The number of carbonyl (C=O) groups is 4. The van der Waals surface area contributed by atoms with Gasteiger partial charge in [-0.1, -0.05) is 12.1 Å². The predicted octanol–water partition coefficient (Wildman–Crippen LogP) is 4.97. The van der Waals surface area contributed by atoms with Crippen LogP contribution in [0.5, 0.6) is 11.5 Å². The normalized spacial score (nSPS) is 25.8. The Hall–Kier alpha value is -6.58. The van der Waals surface area contributed by atoms with Crippen molar-refractivity contribution in [1.29, 1.82) is 0 Å². The van der Waals surface area contributed by atoms with Gasteiger partial charge in [-0.05, 0) is 89.2 Å². The number of carbonyl (C=O) groups excluding carboxylic acids is 3. The molecule has 70 heavy (non-hydrogen) atoms. The van der Waals surface area contributed by atoms with Crippen LogP contribution in [0.15, 0.2) is 58.4 Å². The van der Waals surface area contributed by atoms with E-state index in [0.717, 1.165) is 82.4 Å². The maximum absolute atomic E-state index is 14.5. The van der Waals surface area contributed by atoms with Crippen molar-refractivity contribution in [3.05, 3.63) is 126 Å². The molecule has 5 N–H and O–H groups in total. The highest BCUT2D eigenvalue weighted by Gasteiger charge is 2.50. The van der Waals surface area contributed by atoms with Gasteiger partial charge in [-0.2, -0.15) is 0 Å². The fourth-order valence-electron chi connectivity index (χ4n) is 11.5. The summed E-state index contributed by atoms with van der Waals surface area (Å²) in [4.78, 5) is 79.0. The van der Waals surface area contributed by atoms with Gasteiger partial charge in [0, 0.05) is 53.3 Å². The number of aromatic carboxylic acids is 1. The predicted molar refractivity (Wildman–Crippen MR) is 237 cm³/mol. The Morgan fingerprint density at radius 3 is 1.73 bits per heavy atom. The number of nitrogens with one attached hydrogen (secondary N) is 1. The number of fused-ring (bicyclic) bond motifs is 10. The van der Waals surface area contributed by atoms with E-state index in [1.165, 1.54) is 46.8 Å². The second-order valence-electron chi connectivity index (χ2n) is 19.4. The summed E-state index contributed by atoms with van der Waals surface area (Å²) in [7, 11) is 1.26. The number of pyridine rings is 2. The largest absolute Gasteiger partial charge is 0.503 e. The van der Waals surface area contributed by atoms with Crippen LogP contribution in [0, 0.1) is 23.3 Å². The Balaban J connectivity index is 0.000000135. The molecule has 6 fully saturated rings. The van der Waals surface area contributed by atoms with Crippen LogP contribution in [0.1, 0.15) is 130 Å². The van der Waals surface area contributed by atoms with Gasteiger partial charge in [-0.15, -0.1) is 0 Å². The molecule has 4 aliphatic heterocycles. The molecule has 2 unspecified atom stereocenters. The number of nitrogens with two attached hydrogens (primary N) is 1. The second-order valence-corrected chi connectivity index (χ2v) is 19.4. The maximum atomic E-state index is 14.5. The van der Waals surface area contributed by atoms with Gasteiger partial charge < -0.3 is 54.4 Å². The molecule has 4 saturated carbocycles. The van der Waals surface area contributed by atoms with E-state index in [1.807, 2.05) is 0 Å². The second kappa shape index (κ2) is 17.7. The number of rotatable bonds is 6. The zero-order valence-corrected chi connectivity index (χ0v) is 37.9. The molecule has 4 aromatic rings. The van der Waals surface area contributed by atoms with Crippen LogP contribution in [0.2, 0.25) is 0 Å². The summed E-state index contributed by atoms with van der Waals surface area (Å²) in [5, 5.41) is 22.6. The highest BCUT2D eigenvalue weighted by Crippen LogP contribution is 2.44. The van der Waals surface area contributed by atoms with E-state index in [1.54, 1.807) is 9.80 Å². The minimum Gasteiger partial charge on any atom is -0.503 e. The number of hydrogen-bond donors (Lipinski definition) is 4. The summed E-state index contributed by atoms with van der Waals surface area (Å²) >= 11 is 0. The van der Waals surface area contributed by atoms with Gasteiger partial charge >= 0.3 is 5.97 Å². The average molecular weight is 975 g/mol. The van der Waals surface area contributed by atoms with Gasteiger partial charge in [0.15, 0.2) is 35.3 Å². The molecule has 8 aliphatic rings. The first-order valence-corrected chi connectivity index (χ1v) is 23.4. The van der Waals surface area contributed by atoms with Crippen molar-refractivity contribution in [2.45, 2.75) is 138 Å². The minimum atomic E-state index is -1.34. The fourth-order valence-corrected chi connectivity index (χ4v) is 11.5. The van der Waals surface area contributed by atoms with Gasteiger partial charge in [-0.25, -0.2) is 22.4 Å². The smallest absolute Gasteiger partial charge is 0.341 e. The van der Waals surface area contributed by atoms with Crippen LogP contribution < -0.4 is 26.6 Å². The van der Waals surface area contributed by atoms with Crippen molar-refractivity contribution >= 4 is 23.7 Å². The number of carboxylic acid groups (broad SMARTS) is 1.